The molecule has 2 N–H and O–H groups in total. The van der Waals surface area contributed by atoms with Crippen molar-refractivity contribution in [1.29, 1.82) is 0 Å². The highest BCUT2D eigenvalue weighted by atomic mass is 79.9. The molecule has 0 radical (unpaired) electrons. The maximum absolute atomic E-state index is 12.1. The number of carbonyl (C=O) groups excluding carboxylic acids is 1. The number of alkyl halides is 3. The molecular formula is C12H14BrF3N2O. The summed E-state index contributed by atoms with van der Waals surface area (Å²) in [4.78, 5) is 13.1. The molecule has 0 unspecified atom stereocenters. The van der Waals surface area contributed by atoms with Crippen LogP contribution in [0.3, 0.4) is 0 Å². The van der Waals surface area contributed by atoms with E-state index in [9.17, 15) is 18.0 Å². The molecule has 1 amide bonds. The summed E-state index contributed by atoms with van der Waals surface area (Å²) in [6.07, 6.45) is -5.31. The van der Waals surface area contributed by atoms with Gasteiger partial charge in [-0.15, -0.1) is 0 Å². The van der Waals surface area contributed by atoms with Crippen LogP contribution in [0.1, 0.15) is 22.3 Å². The van der Waals surface area contributed by atoms with Gasteiger partial charge < -0.3 is 10.6 Å². The molecule has 7 heteroatoms. The molecule has 0 heterocycles. The zero-order valence-electron chi connectivity index (χ0n) is 10.5. The van der Waals surface area contributed by atoms with E-state index >= 15 is 0 Å². The fourth-order valence-corrected chi connectivity index (χ4v) is 2.00. The maximum Gasteiger partial charge on any atom is 0.390 e. The van der Waals surface area contributed by atoms with Crippen molar-refractivity contribution < 1.29 is 18.0 Å². The number of carbonyl (C=O) groups is 1. The molecule has 0 spiro atoms. The van der Waals surface area contributed by atoms with Crippen molar-refractivity contribution in [1.82, 2.24) is 4.90 Å². The maximum atomic E-state index is 12.1. The van der Waals surface area contributed by atoms with Gasteiger partial charge in [-0.1, -0.05) is 15.9 Å². The van der Waals surface area contributed by atoms with E-state index in [4.69, 9.17) is 5.73 Å². The molecule has 106 valence electrons. The number of nitrogens with zero attached hydrogens (tertiary/aromatic N) is 1. The van der Waals surface area contributed by atoms with Crippen LogP contribution in [0.5, 0.6) is 0 Å². The summed E-state index contributed by atoms with van der Waals surface area (Å²) >= 11 is 3.20. The Morgan fingerprint density at radius 1 is 1.42 bits per heavy atom. The lowest BCUT2D eigenvalue weighted by Crippen LogP contribution is -2.31. The zero-order chi connectivity index (χ0) is 14.8. The van der Waals surface area contributed by atoms with Gasteiger partial charge in [0, 0.05) is 29.3 Å². The van der Waals surface area contributed by atoms with Gasteiger partial charge >= 0.3 is 6.18 Å². The predicted molar refractivity (Wildman–Crippen MR) is 70.9 cm³/mol. The minimum absolute atomic E-state index is 0.302. The van der Waals surface area contributed by atoms with Crippen LogP contribution in [0.2, 0.25) is 0 Å². The predicted octanol–water partition coefficient (Wildman–Crippen LogP) is 3.36. The van der Waals surface area contributed by atoms with E-state index in [1.807, 2.05) is 0 Å². The molecule has 0 fully saturated rings. The Morgan fingerprint density at radius 2 is 2.00 bits per heavy atom. The number of hydrogen-bond acceptors (Lipinski definition) is 2. The fourth-order valence-electron chi connectivity index (χ4n) is 1.52. The van der Waals surface area contributed by atoms with Crippen molar-refractivity contribution in [3.63, 3.8) is 0 Å². The number of amides is 1. The lowest BCUT2D eigenvalue weighted by atomic mass is 10.1. The van der Waals surface area contributed by atoms with E-state index in [2.05, 4.69) is 15.9 Å². The summed E-state index contributed by atoms with van der Waals surface area (Å²) in [6.45, 7) is 1.28. The van der Waals surface area contributed by atoms with E-state index in [1.165, 1.54) is 7.05 Å². The van der Waals surface area contributed by atoms with Gasteiger partial charge in [-0.05, 0) is 24.6 Å². The second-order valence-electron chi connectivity index (χ2n) is 4.26. The summed E-state index contributed by atoms with van der Waals surface area (Å²) in [5.74, 6) is -0.477. The SMILES string of the molecule is Cc1c(N)cc(Br)cc1C(=O)N(C)CCC(F)(F)F. The monoisotopic (exact) mass is 338 g/mol. The summed E-state index contributed by atoms with van der Waals surface area (Å²) in [5, 5.41) is 0. The Kier molecular flexibility index (Phi) is 4.84. The van der Waals surface area contributed by atoms with Gasteiger partial charge in [-0.25, -0.2) is 0 Å². The molecule has 1 aromatic rings. The van der Waals surface area contributed by atoms with Gasteiger partial charge in [0.1, 0.15) is 0 Å². The lowest BCUT2D eigenvalue weighted by Gasteiger charge is -2.20. The van der Waals surface area contributed by atoms with Crippen LogP contribution in [0.15, 0.2) is 16.6 Å². The second kappa shape index (κ2) is 5.81. The molecule has 0 aliphatic carbocycles. The molecule has 0 saturated heterocycles. The summed E-state index contributed by atoms with van der Waals surface area (Å²) in [6, 6.07) is 3.19. The molecule has 3 nitrogen and oxygen atoms in total. The normalized spacial score (nSPS) is 11.5. The molecule has 19 heavy (non-hydrogen) atoms. The topological polar surface area (TPSA) is 46.3 Å². The summed E-state index contributed by atoms with van der Waals surface area (Å²) < 4.78 is 37.0. The summed E-state index contributed by atoms with van der Waals surface area (Å²) in [7, 11) is 1.34. The van der Waals surface area contributed by atoms with Crippen molar-refractivity contribution in [2.45, 2.75) is 19.5 Å². The first-order chi connectivity index (χ1) is 8.61. The molecule has 0 aliphatic rings. The van der Waals surface area contributed by atoms with Crippen molar-refractivity contribution in [2.24, 2.45) is 0 Å². The van der Waals surface area contributed by atoms with Crippen LogP contribution in [0.25, 0.3) is 0 Å². The molecule has 0 aromatic heterocycles. The molecule has 1 aromatic carbocycles. The minimum Gasteiger partial charge on any atom is -0.398 e. The number of rotatable bonds is 3. The van der Waals surface area contributed by atoms with Gasteiger partial charge in [0.15, 0.2) is 0 Å². The van der Waals surface area contributed by atoms with Gasteiger partial charge in [0.05, 0.1) is 6.42 Å². The van der Waals surface area contributed by atoms with E-state index in [0.717, 1.165) is 4.90 Å². The number of benzene rings is 1. The van der Waals surface area contributed by atoms with Crippen molar-refractivity contribution in [3.8, 4) is 0 Å². The smallest absolute Gasteiger partial charge is 0.390 e. The van der Waals surface area contributed by atoms with Crippen LogP contribution >= 0.6 is 15.9 Å². The number of nitrogen functional groups attached to an aromatic ring is 1. The van der Waals surface area contributed by atoms with E-state index < -0.39 is 18.5 Å². The van der Waals surface area contributed by atoms with Crippen molar-refractivity contribution in [2.75, 3.05) is 19.3 Å². The molecule has 0 atom stereocenters. The quantitative estimate of drug-likeness (QED) is 0.859. The molecule has 0 aliphatic heterocycles. The van der Waals surface area contributed by atoms with Crippen LogP contribution in [-0.4, -0.2) is 30.6 Å². The van der Waals surface area contributed by atoms with Crippen molar-refractivity contribution >= 4 is 27.5 Å². The van der Waals surface area contributed by atoms with Crippen LogP contribution in [0.4, 0.5) is 18.9 Å². The lowest BCUT2D eigenvalue weighted by molar-refractivity contribution is -0.136. The Hall–Kier alpha value is -1.24. The number of nitrogens with two attached hydrogens (primary N) is 1. The van der Waals surface area contributed by atoms with Crippen LogP contribution < -0.4 is 5.73 Å². The molecular weight excluding hydrogens is 325 g/mol. The Morgan fingerprint density at radius 3 is 2.53 bits per heavy atom. The Bertz CT molecular complexity index is 489. The Labute approximate surface area is 117 Å². The van der Waals surface area contributed by atoms with Gasteiger partial charge in [-0.3, -0.25) is 4.79 Å². The zero-order valence-corrected chi connectivity index (χ0v) is 12.1. The van der Waals surface area contributed by atoms with E-state index in [-0.39, 0.29) is 6.54 Å². The molecule has 0 saturated carbocycles. The van der Waals surface area contributed by atoms with Crippen molar-refractivity contribution in [3.05, 3.63) is 27.7 Å². The van der Waals surface area contributed by atoms with E-state index in [0.29, 0.717) is 21.3 Å². The standard InChI is InChI=1S/C12H14BrF3N2O/c1-7-9(5-8(13)6-10(7)17)11(19)18(2)4-3-12(14,15)16/h5-6H,3-4,17H2,1-2H3. The number of anilines is 1. The first-order valence-electron chi connectivity index (χ1n) is 5.49. The van der Waals surface area contributed by atoms with Crippen LogP contribution in [0, 0.1) is 6.92 Å². The average molecular weight is 339 g/mol. The summed E-state index contributed by atoms with van der Waals surface area (Å²) in [5.41, 5.74) is 7.00. The second-order valence-corrected chi connectivity index (χ2v) is 5.18. The largest absolute Gasteiger partial charge is 0.398 e. The fraction of sp³-hybridized carbons (Fsp3) is 0.417. The van der Waals surface area contributed by atoms with E-state index in [1.54, 1.807) is 19.1 Å². The van der Waals surface area contributed by atoms with Gasteiger partial charge in [-0.2, -0.15) is 13.2 Å². The van der Waals surface area contributed by atoms with Gasteiger partial charge in [0.2, 0.25) is 0 Å². The third-order valence-electron chi connectivity index (χ3n) is 2.72. The molecule has 0 bridgehead atoms. The number of hydrogen-bond donors (Lipinski definition) is 1. The van der Waals surface area contributed by atoms with Gasteiger partial charge in [0.25, 0.3) is 5.91 Å². The minimum atomic E-state index is -4.28. The third kappa shape index (κ3) is 4.41. The number of halogens is 4. The molecule has 1 rings (SSSR count). The highest BCUT2D eigenvalue weighted by Crippen LogP contribution is 2.24. The average Bonchev–Trinajstić information content (AvgIpc) is 2.28. The highest BCUT2D eigenvalue weighted by molar-refractivity contribution is 9.10. The first-order valence-corrected chi connectivity index (χ1v) is 6.29. The van der Waals surface area contributed by atoms with Crippen LogP contribution in [-0.2, 0) is 0 Å². The third-order valence-corrected chi connectivity index (χ3v) is 3.18. The highest BCUT2D eigenvalue weighted by Gasteiger charge is 2.28. The Balaban J connectivity index is 2.89. The first kappa shape index (κ1) is 15.8.